The third kappa shape index (κ3) is 4.55. The van der Waals surface area contributed by atoms with Gasteiger partial charge in [-0.2, -0.15) is 0 Å². The minimum absolute atomic E-state index is 0.00646. The number of ether oxygens (including phenoxy) is 1. The first-order valence-electron chi connectivity index (χ1n) is 9.54. The van der Waals surface area contributed by atoms with Crippen LogP contribution in [-0.4, -0.2) is 40.8 Å². The van der Waals surface area contributed by atoms with Crippen LogP contribution in [-0.2, 0) is 16.0 Å². The molecule has 1 aliphatic heterocycles. The molecule has 0 N–H and O–H groups in total. The summed E-state index contributed by atoms with van der Waals surface area (Å²) in [5.74, 6) is 1.31. The Morgan fingerprint density at radius 3 is 2.54 bits per heavy atom. The summed E-state index contributed by atoms with van der Waals surface area (Å²) in [6.45, 7) is 5.04. The monoisotopic (exact) mass is 398 g/mol. The van der Waals surface area contributed by atoms with Crippen molar-refractivity contribution in [3.8, 4) is 5.75 Å². The van der Waals surface area contributed by atoms with E-state index in [2.05, 4.69) is 4.98 Å². The number of hydrogen-bond acceptors (Lipinski definition) is 6. The number of carbonyl (C=O) groups excluding carboxylic acids is 2. The molecule has 1 aromatic carbocycles. The van der Waals surface area contributed by atoms with Gasteiger partial charge in [0.05, 0.1) is 17.2 Å². The van der Waals surface area contributed by atoms with Gasteiger partial charge in [-0.1, -0.05) is 36.9 Å². The second-order valence-corrected chi connectivity index (χ2v) is 8.76. The minimum atomic E-state index is -0.661. The first-order valence-corrected chi connectivity index (χ1v) is 10.4. The molecule has 1 fully saturated rings. The number of carbonyl (C=O) groups is 2. The number of rotatable bonds is 8. The van der Waals surface area contributed by atoms with Crippen LogP contribution in [0.15, 0.2) is 48.7 Å². The summed E-state index contributed by atoms with van der Waals surface area (Å²) in [6, 6.07) is 13.6. The maximum absolute atomic E-state index is 12.6. The van der Waals surface area contributed by atoms with Crippen molar-refractivity contribution < 1.29 is 14.3 Å². The highest BCUT2D eigenvalue weighted by Crippen LogP contribution is 2.43. The number of likely N-dealkylation sites (N-methyl/N-ethyl adjacent to an activating group) is 1. The summed E-state index contributed by atoms with van der Waals surface area (Å²) in [4.78, 5) is 31.0. The molecule has 28 heavy (non-hydrogen) atoms. The van der Waals surface area contributed by atoms with Crippen molar-refractivity contribution >= 4 is 28.5 Å². The van der Waals surface area contributed by atoms with Gasteiger partial charge in [0.2, 0.25) is 0 Å². The normalized spacial score (nSPS) is 21.8. The second-order valence-electron chi connectivity index (χ2n) is 7.26. The van der Waals surface area contributed by atoms with Crippen LogP contribution < -0.4 is 9.64 Å². The van der Waals surface area contributed by atoms with Crippen molar-refractivity contribution in [2.75, 3.05) is 25.1 Å². The van der Waals surface area contributed by atoms with E-state index < -0.39 is 10.7 Å². The van der Waals surface area contributed by atoms with Crippen molar-refractivity contribution in [2.24, 2.45) is 5.92 Å². The quantitative estimate of drug-likeness (QED) is 0.631. The fourth-order valence-electron chi connectivity index (χ4n) is 3.38. The summed E-state index contributed by atoms with van der Waals surface area (Å²) in [5, 5.41) is 0.00646. The molecule has 5 nitrogen and oxygen atoms in total. The van der Waals surface area contributed by atoms with E-state index in [0.29, 0.717) is 19.4 Å². The summed E-state index contributed by atoms with van der Waals surface area (Å²) in [5.41, 5.74) is 1.03. The van der Waals surface area contributed by atoms with Crippen molar-refractivity contribution in [2.45, 2.75) is 31.4 Å². The van der Waals surface area contributed by atoms with E-state index in [0.717, 1.165) is 23.7 Å². The van der Waals surface area contributed by atoms with E-state index in [4.69, 9.17) is 4.74 Å². The van der Waals surface area contributed by atoms with Crippen molar-refractivity contribution in [1.29, 1.82) is 0 Å². The Hall–Kier alpha value is -2.34. The number of aromatic nitrogens is 1. The molecule has 2 heterocycles. The number of nitrogens with zero attached hydrogens (tertiary/aromatic N) is 2. The van der Waals surface area contributed by atoms with Gasteiger partial charge in [-0.25, -0.2) is 4.98 Å². The van der Waals surface area contributed by atoms with Gasteiger partial charge >= 0.3 is 0 Å². The molecule has 0 saturated carbocycles. The van der Waals surface area contributed by atoms with Gasteiger partial charge in [0.25, 0.3) is 0 Å². The third-order valence-corrected chi connectivity index (χ3v) is 6.34. The number of Topliss-reactive ketones (excluding diaryl/α,β-unsaturated/α-hetero) is 1. The Bertz CT molecular complexity index is 825. The summed E-state index contributed by atoms with van der Waals surface area (Å²) in [6.07, 6.45) is 2.91. The SMILES string of the molecule is CCC1C(=O)SC(C)(Cc2ccc(OCCN(C)c3ccccn3)cc2)C1=O. The lowest BCUT2D eigenvalue weighted by Crippen LogP contribution is -2.32. The molecule has 2 aromatic rings. The number of ketones is 1. The van der Waals surface area contributed by atoms with E-state index in [1.807, 2.05) is 68.3 Å². The lowest BCUT2D eigenvalue weighted by Gasteiger charge is -2.21. The number of anilines is 1. The Morgan fingerprint density at radius 1 is 1.18 bits per heavy atom. The van der Waals surface area contributed by atoms with Gasteiger partial charge in [-0.05, 0) is 49.6 Å². The second kappa shape index (κ2) is 8.78. The average Bonchev–Trinajstić information content (AvgIpc) is 2.91. The van der Waals surface area contributed by atoms with Crippen LogP contribution in [0.5, 0.6) is 5.75 Å². The van der Waals surface area contributed by atoms with Crippen LogP contribution in [0.2, 0.25) is 0 Å². The first-order chi connectivity index (χ1) is 13.4. The molecule has 0 amide bonds. The fraction of sp³-hybridized carbons (Fsp3) is 0.409. The molecule has 1 saturated heterocycles. The highest BCUT2D eigenvalue weighted by Gasteiger charge is 2.49. The largest absolute Gasteiger partial charge is 0.492 e. The minimum Gasteiger partial charge on any atom is -0.492 e. The van der Waals surface area contributed by atoms with Gasteiger partial charge in [0.15, 0.2) is 10.9 Å². The molecule has 0 bridgehead atoms. The summed E-state index contributed by atoms with van der Waals surface area (Å²) >= 11 is 1.19. The van der Waals surface area contributed by atoms with Crippen LogP contribution in [0.4, 0.5) is 5.82 Å². The molecule has 0 spiro atoms. The molecule has 2 atom stereocenters. The molecule has 3 rings (SSSR count). The van der Waals surface area contributed by atoms with Gasteiger partial charge in [0, 0.05) is 13.2 Å². The molecule has 0 aliphatic carbocycles. The van der Waals surface area contributed by atoms with Gasteiger partial charge in [-0.3, -0.25) is 9.59 Å². The van der Waals surface area contributed by atoms with Crippen LogP contribution in [0.25, 0.3) is 0 Å². The Morgan fingerprint density at radius 2 is 1.93 bits per heavy atom. The number of pyridine rings is 1. The van der Waals surface area contributed by atoms with Gasteiger partial charge in [0.1, 0.15) is 18.2 Å². The van der Waals surface area contributed by atoms with E-state index in [-0.39, 0.29) is 10.9 Å². The zero-order chi connectivity index (χ0) is 20.1. The van der Waals surface area contributed by atoms with Gasteiger partial charge in [-0.15, -0.1) is 0 Å². The highest BCUT2D eigenvalue weighted by molar-refractivity contribution is 8.16. The van der Waals surface area contributed by atoms with Crippen molar-refractivity contribution in [3.05, 3.63) is 54.2 Å². The van der Waals surface area contributed by atoms with E-state index >= 15 is 0 Å². The summed E-state index contributed by atoms with van der Waals surface area (Å²) < 4.78 is 5.16. The topological polar surface area (TPSA) is 59.5 Å². The van der Waals surface area contributed by atoms with Crippen LogP contribution >= 0.6 is 11.8 Å². The Balaban J connectivity index is 1.53. The number of hydrogen-bond donors (Lipinski definition) is 0. The fourth-order valence-corrected chi connectivity index (χ4v) is 4.72. The smallest absolute Gasteiger partial charge is 0.200 e. The Labute approximate surface area is 170 Å². The first kappa shape index (κ1) is 20.4. The maximum Gasteiger partial charge on any atom is 0.200 e. The third-order valence-electron chi connectivity index (χ3n) is 5.06. The zero-order valence-corrected chi connectivity index (χ0v) is 17.4. The Kier molecular flexibility index (Phi) is 6.39. The van der Waals surface area contributed by atoms with E-state index in [1.54, 1.807) is 6.20 Å². The molecular formula is C22H26N2O3S. The highest BCUT2D eigenvalue weighted by atomic mass is 32.2. The van der Waals surface area contributed by atoms with Crippen LogP contribution in [0.3, 0.4) is 0 Å². The van der Waals surface area contributed by atoms with Crippen molar-refractivity contribution in [3.63, 3.8) is 0 Å². The average molecular weight is 399 g/mol. The van der Waals surface area contributed by atoms with Crippen LogP contribution in [0, 0.1) is 5.92 Å². The van der Waals surface area contributed by atoms with Crippen molar-refractivity contribution in [1.82, 2.24) is 4.98 Å². The maximum atomic E-state index is 12.6. The molecule has 2 unspecified atom stereocenters. The molecule has 1 aliphatic rings. The molecule has 148 valence electrons. The molecule has 0 radical (unpaired) electrons. The lowest BCUT2D eigenvalue weighted by molar-refractivity contribution is -0.128. The number of benzene rings is 1. The summed E-state index contributed by atoms with van der Waals surface area (Å²) in [7, 11) is 1.98. The predicted octanol–water partition coefficient (Wildman–Crippen LogP) is 3.77. The standard InChI is InChI=1S/C22H26N2O3S/c1-4-18-20(25)22(2,28-21(18)26)15-16-8-10-17(11-9-16)27-14-13-24(3)19-7-5-6-12-23-19/h5-12,18H,4,13-15H2,1-3H3. The molecule has 6 heteroatoms. The number of thioether (sulfide) groups is 1. The molecular weight excluding hydrogens is 372 g/mol. The lowest BCUT2D eigenvalue weighted by atomic mass is 9.88. The van der Waals surface area contributed by atoms with Crippen LogP contribution in [0.1, 0.15) is 25.8 Å². The van der Waals surface area contributed by atoms with E-state index in [9.17, 15) is 9.59 Å². The van der Waals surface area contributed by atoms with Gasteiger partial charge < -0.3 is 9.64 Å². The van der Waals surface area contributed by atoms with E-state index in [1.165, 1.54) is 11.8 Å². The molecule has 1 aromatic heterocycles. The zero-order valence-electron chi connectivity index (χ0n) is 16.6. The predicted molar refractivity (Wildman–Crippen MR) is 113 cm³/mol.